The van der Waals surface area contributed by atoms with E-state index in [2.05, 4.69) is 44.8 Å². The first-order valence-corrected chi connectivity index (χ1v) is 7.69. The van der Waals surface area contributed by atoms with Gasteiger partial charge in [-0.15, -0.1) is 24.0 Å². The largest absolute Gasteiger partial charge is 0.383 e. The second-order valence-electron chi connectivity index (χ2n) is 5.07. The average Bonchev–Trinajstić information content (AvgIpc) is 2.59. The number of nitrogens with one attached hydrogen (secondary N) is 2. The highest BCUT2D eigenvalue weighted by atomic mass is 127. The van der Waals surface area contributed by atoms with Gasteiger partial charge >= 0.3 is 0 Å². The lowest BCUT2D eigenvalue weighted by Gasteiger charge is -2.30. The van der Waals surface area contributed by atoms with E-state index in [9.17, 15) is 0 Å². The van der Waals surface area contributed by atoms with Crippen LogP contribution in [-0.2, 0) is 16.0 Å². The summed E-state index contributed by atoms with van der Waals surface area (Å²) in [5.41, 5.74) is 2.53. The number of guanidine groups is 1. The molecule has 0 bridgehead atoms. The second kappa shape index (κ2) is 11.5. The number of halogens is 1. The first-order valence-electron chi connectivity index (χ1n) is 7.69. The number of benzene rings is 1. The van der Waals surface area contributed by atoms with Crippen molar-refractivity contribution in [1.82, 2.24) is 10.6 Å². The summed E-state index contributed by atoms with van der Waals surface area (Å²) in [5.74, 6) is 0.786. The van der Waals surface area contributed by atoms with Crippen molar-refractivity contribution >= 4 is 35.6 Å². The molecule has 7 heteroatoms. The molecule has 1 aromatic carbocycles. The van der Waals surface area contributed by atoms with Gasteiger partial charge in [-0.25, -0.2) is 0 Å². The highest BCUT2D eigenvalue weighted by Crippen LogP contribution is 2.21. The van der Waals surface area contributed by atoms with E-state index in [1.54, 1.807) is 14.2 Å². The van der Waals surface area contributed by atoms with Crippen LogP contribution in [0.15, 0.2) is 29.3 Å². The van der Waals surface area contributed by atoms with E-state index in [4.69, 9.17) is 9.47 Å². The molecule has 23 heavy (non-hydrogen) atoms. The Morgan fingerprint density at radius 2 is 2.00 bits per heavy atom. The molecule has 0 saturated carbocycles. The van der Waals surface area contributed by atoms with E-state index < -0.39 is 0 Å². The van der Waals surface area contributed by atoms with Crippen LogP contribution in [0.4, 0.5) is 5.69 Å². The molecule has 2 rings (SSSR count). The molecule has 0 unspecified atom stereocenters. The number of para-hydroxylation sites is 1. The fourth-order valence-electron chi connectivity index (χ4n) is 2.44. The summed E-state index contributed by atoms with van der Waals surface area (Å²) in [4.78, 5) is 6.60. The minimum atomic E-state index is 0. The highest BCUT2D eigenvalue weighted by Gasteiger charge is 2.14. The van der Waals surface area contributed by atoms with Gasteiger partial charge in [0.1, 0.15) is 0 Å². The summed E-state index contributed by atoms with van der Waals surface area (Å²) in [6, 6.07) is 8.48. The van der Waals surface area contributed by atoms with Crippen LogP contribution in [0.5, 0.6) is 0 Å². The Kier molecular flexibility index (Phi) is 9.97. The second-order valence-corrected chi connectivity index (χ2v) is 5.07. The normalized spacial score (nSPS) is 15.0. The SMILES string of the molecule is CN=C(NCCOC)NCc1ccccc1N1CCOCC1.I. The third kappa shape index (κ3) is 6.52. The molecule has 6 nitrogen and oxygen atoms in total. The molecule has 0 radical (unpaired) electrons. The first kappa shape index (κ1) is 20.0. The van der Waals surface area contributed by atoms with Crippen LogP contribution in [-0.4, -0.2) is 59.6 Å². The Hall–Kier alpha value is -1.06. The maximum Gasteiger partial charge on any atom is 0.191 e. The van der Waals surface area contributed by atoms with Gasteiger partial charge in [0.2, 0.25) is 0 Å². The van der Waals surface area contributed by atoms with Gasteiger partial charge in [-0.05, 0) is 11.6 Å². The summed E-state index contributed by atoms with van der Waals surface area (Å²) in [5, 5.41) is 6.57. The molecule has 0 atom stereocenters. The molecule has 1 fully saturated rings. The van der Waals surface area contributed by atoms with E-state index in [1.807, 2.05) is 0 Å². The number of morpholine rings is 1. The predicted octanol–water partition coefficient (Wildman–Crippen LogP) is 1.45. The van der Waals surface area contributed by atoms with Crippen LogP contribution in [0.3, 0.4) is 0 Å². The van der Waals surface area contributed by atoms with Gasteiger partial charge in [0.05, 0.1) is 19.8 Å². The molecule has 0 spiro atoms. The molecule has 1 aromatic rings. The number of hydrogen-bond acceptors (Lipinski definition) is 4. The third-order valence-electron chi connectivity index (χ3n) is 3.61. The minimum absolute atomic E-state index is 0. The van der Waals surface area contributed by atoms with E-state index in [-0.39, 0.29) is 24.0 Å². The van der Waals surface area contributed by atoms with Crippen molar-refractivity contribution in [3.05, 3.63) is 29.8 Å². The monoisotopic (exact) mass is 434 g/mol. The third-order valence-corrected chi connectivity index (χ3v) is 3.61. The van der Waals surface area contributed by atoms with Crippen molar-refractivity contribution in [2.24, 2.45) is 4.99 Å². The van der Waals surface area contributed by atoms with Gasteiger partial charge in [-0.3, -0.25) is 4.99 Å². The number of ether oxygens (including phenoxy) is 2. The molecular formula is C16H27IN4O2. The molecule has 0 amide bonds. The fraction of sp³-hybridized carbons (Fsp3) is 0.562. The molecule has 1 heterocycles. The maximum atomic E-state index is 5.43. The van der Waals surface area contributed by atoms with Crippen LogP contribution in [0.1, 0.15) is 5.56 Å². The Balaban J connectivity index is 0.00000264. The van der Waals surface area contributed by atoms with Crippen LogP contribution >= 0.6 is 24.0 Å². The summed E-state index contributed by atoms with van der Waals surface area (Å²) < 4.78 is 10.5. The molecule has 1 aliphatic heterocycles. The van der Waals surface area contributed by atoms with Gasteiger partial charge in [0.25, 0.3) is 0 Å². The zero-order valence-electron chi connectivity index (χ0n) is 13.9. The Bertz CT molecular complexity index is 479. The lowest BCUT2D eigenvalue weighted by atomic mass is 10.1. The average molecular weight is 434 g/mol. The molecule has 1 saturated heterocycles. The van der Waals surface area contributed by atoms with E-state index >= 15 is 0 Å². The molecular weight excluding hydrogens is 407 g/mol. The minimum Gasteiger partial charge on any atom is -0.383 e. The van der Waals surface area contributed by atoms with Gasteiger partial charge in [-0.1, -0.05) is 18.2 Å². The van der Waals surface area contributed by atoms with E-state index in [0.717, 1.165) is 45.4 Å². The molecule has 0 aliphatic carbocycles. The summed E-state index contributed by atoms with van der Waals surface area (Å²) in [6.45, 7) is 5.60. The smallest absolute Gasteiger partial charge is 0.191 e. The lowest BCUT2D eigenvalue weighted by Crippen LogP contribution is -2.40. The van der Waals surface area contributed by atoms with Crippen molar-refractivity contribution in [1.29, 1.82) is 0 Å². The summed E-state index contributed by atoms with van der Waals surface area (Å²) in [7, 11) is 3.46. The van der Waals surface area contributed by atoms with Crippen molar-refractivity contribution in [2.45, 2.75) is 6.54 Å². The van der Waals surface area contributed by atoms with Crippen molar-refractivity contribution in [3.8, 4) is 0 Å². The van der Waals surface area contributed by atoms with E-state index in [0.29, 0.717) is 6.61 Å². The molecule has 130 valence electrons. The summed E-state index contributed by atoms with van der Waals surface area (Å²) >= 11 is 0. The number of hydrogen-bond donors (Lipinski definition) is 2. The zero-order chi connectivity index (χ0) is 15.6. The Morgan fingerprint density at radius 1 is 1.26 bits per heavy atom. The van der Waals surface area contributed by atoms with Crippen molar-refractivity contribution < 1.29 is 9.47 Å². The number of nitrogens with zero attached hydrogens (tertiary/aromatic N) is 2. The van der Waals surface area contributed by atoms with Gasteiger partial charge in [-0.2, -0.15) is 0 Å². The highest BCUT2D eigenvalue weighted by molar-refractivity contribution is 14.0. The predicted molar refractivity (Wildman–Crippen MR) is 105 cm³/mol. The maximum absolute atomic E-state index is 5.43. The van der Waals surface area contributed by atoms with Crippen molar-refractivity contribution in [2.75, 3.05) is 58.5 Å². The molecule has 0 aromatic heterocycles. The van der Waals surface area contributed by atoms with Gasteiger partial charge in [0, 0.05) is 46.0 Å². The standard InChI is InChI=1S/C16H26N4O2.HI/c1-17-16(18-7-10-21-2)19-13-14-5-3-4-6-15(14)20-8-11-22-12-9-20;/h3-6H,7-13H2,1-2H3,(H2,17,18,19);1H. The van der Waals surface area contributed by atoms with Crippen LogP contribution < -0.4 is 15.5 Å². The van der Waals surface area contributed by atoms with Gasteiger partial charge in [0.15, 0.2) is 5.96 Å². The van der Waals surface area contributed by atoms with Crippen LogP contribution in [0.2, 0.25) is 0 Å². The Labute approximate surface area is 155 Å². The lowest BCUT2D eigenvalue weighted by molar-refractivity contribution is 0.122. The van der Waals surface area contributed by atoms with Crippen molar-refractivity contribution in [3.63, 3.8) is 0 Å². The quantitative estimate of drug-likeness (QED) is 0.307. The first-order chi connectivity index (χ1) is 10.8. The topological polar surface area (TPSA) is 58.1 Å². The fourth-order valence-corrected chi connectivity index (χ4v) is 2.44. The number of anilines is 1. The Morgan fingerprint density at radius 3 is 2.70 bits per heavy atom. The molecule has 2 N–H and O–H groups in total. The number of rotatable bonds is 6. The number of methoxy groups -OCH3 is 1. The molecule has 1 aliphatic rings. The van der Waals surface area contributed by atoms with E-state index in [1.165, 1.54) is 11.3 Å². The summed E-state index contributed by atoms with van der Waals surface area (Å²) in [6.07, 6.45) is 0. The van der Waals surface area contributed by atoms with Crippen LogP contribution in [0.25, 0.3) is 0 Å². The zero-order valence-corrected chi connectivity index (χ0v) is 16.2. The van der Waals surface area contributed by atoms with Crippen LogP contribution in [0, 0.1) is 0 Å². The number of aliphatic imine (C=N–C) groups is 1. The van der Waals surface area contributed by atoms with Gasteiger partial charge < -0.3 is 25.0 Å².